The third-order valence-corrected chi connectivity index (χ3v) is 4.18. The highest BCUT2D eigenvalue weighted by Crippen LogP contribution is 2.14. The molecule has 1 saturated heterocycles. The molecule has 1 aliphatic rings. The first-order chi connectivity index (χ1) is 12.0. The van der Waals surface area contributed by atoms with Crippen LogP contribution in [0.2, 0.25) is 0 Å². The Morgan fingerprint density at radius 2 is 2.12 bits per heavy atom. The quantitative estimate of drug-likeness (QED) is 0.779. The number of benzene rings is 1. The average molecular weight is 340 g/mol. The molecule has 3 rings (SSSR count). The van der Waals surface area contributed by atoms with E-state index in [1.807, 2.05) is 31.2 Å². The smallest absolute Gasteiger partial charge is 0.264 e. The molecule has 1 aromatic carbocycles. The minimum absolute atomic E-state index is 0.103. The van der Waals surface area contributed by atoms with Gasteiger partial charge in [-0.25, -0.2) is 4.98 Å². The number of hydrogen-bond acceptors (Lipinski definition) is 4. The lowest BCUT2D eigenvalue weighted by atomic mass is 10.1. The van der Waals surface area contributed by atoms with E-state index in [-0.39, 0.29) is 11.5 Å². The minimum atomic E-state index is -0.620. The molecule has 0 bridgehead atoms. The summed E-state index contributed by atoms with van der Waals surface area (Å²) < 4.78 is 0. The van der Waals surface area contributed by atoms with Crippen molar-refractivity contribution in [2.24, 2.45) is 0 Å². The van der Waals surface area contributed by atoms with Gasteiger partial charge in [0.1, 0.15) is 17.4 Å². The summed E-state index contributed by atoms with van der Waals surface area (Å²) in [5.41, 5.74) is 1.18. The van der Waals surface area contributed by atoms with Gasteiger partial charge in [-0.1, -0.05) is 23.8 Å². The van der Waals surface area contributed by atoms with E-state index >= 15 is 0 Å². The first-order valence-electron chi connectivity index (χ1n) is 8.29. The van der Waals surface area contributed by atoms with Crippen molar-refractivity contribution in [2.45, 2.75) is 32.2 Å². The van der Waals surface area contributed by atoms with Gasteiger partial charge in [-0.2, -0.15) is 0 Å². The van der Waals surface area contributed by atoms with E-state index in [0.29, 0.717) is 18.8 Å². The lowest BCUT2D eigenvalue weighted by Crippen LogP contribution is -2.46. The molecule has 1 aliphatic heterocycles. The van der Waals surface area contributed by atoms with E-state index in [9.17, 15) is 14.4 Å². The molecule has 0 unspecified atom stereocenters. The van der Waals surface area contributed by atoms with Gasteiger partial charge < -0.3 is 15.6 Å². The summed E-state index contributed by atoms with van der Waals surface area (Å²) in [6, 6.07) is 6.93. The zero-order valence-corrected chi connectivity index (χ0v) is 14.0. The maximum atomic E-state index is 12.3. The lowest BCUT2D eigenvalue weighted by Gasteiger charge is -2.14. The molecule has 0 aliphatic carbocycles. The Bertz CT molecular complexity index is 859. The molecule has 2 amide bonds. The number of aromatic amines is 1. The molecule has 3 N–H and O–H groups in total. The molecule has 1 fully saturated rings. The van der Waals surface area contributed by atoms with Gasteiger partial charge in [0.05, 0.1) is 0 Å². The Morgan fingerprint density at radius 1 is 1.28 bits per heavy atom. The number of rotatable bonds is 3. The van der Waals surface area contributed by atoms with Gasteiger partial charge in [0.2, 0.25) is 5.91 Å². The maximum Gasteiger partial charge on any atom is 0.264 e. The third kappa shape index (κ3) is 3.93. The normalized spacial score (nSPS) is 17.5. The molecular formula is C18H20N4O3. The fraction of sp³-hybridized carbons (Fsp3) is 0.333. The van der Waals surface area contributed by atoms with Crippen LogP contribution in [0, 0.1) is 6.92 Å². The maximum absolute atomic E-state index is 12.3. The number of nitrogens with zero attached hydrogens (tertiary/aromatic N) is 1. The van der Waals surface area contributed by atoms with E-state index in [1.54, 1.807) is 0 Å². The van der Waals surface area contributed by atoms with Crippen LogP contribution in [-0.4, -0.2) is 34.4 Å². The first kappa shape index (κ1) is 16.9. The van der Waals surface area contributed by atoms with Crippen molar-refractivity contribution < 1.29 is 9.59 Å². The predicted molar refractivity (Wildman–Crippen MR) is 93.1 cm³/mol. The second kappa shape index (κ2) is 7.29. The molecule has 0 saturated carbocycles. The largest absolute Gasteiger partial charge is 0.354 e. The number of H-pyrrole nitrogens is 1. The van der Waals surface area contributed by atoms with Crippen LogP contribution in [0.5, 0.6) is 0 Å². The molecule has 1 aromatic heterocycles. The molecule has 7 nitrogen and oxygen atoms in total. The van der Waals surface area contributed by atoms with Gasteiger partial charge in [-0.05, 0) is 32.3 Å². The van der Waals surface area contributed by atoms with Crippen LogP contribution in [-0.2, 0) is 4.79 Å². The zero-order chi connectivity index (χ0) is 17.8. The van der Waals surface area contributed by atoms with Crippen molar-refractivity contribution >= 4 is 11.8 Å². The predicted octanol–water partition coefficient (Wildman–Crippen LogP) is 1.14. The van der Waals surface area contributed by atoms with Gasteiger partial charge >= 0.3 is 0 Å². The molecule has 0 spiro atoms. The Hall–Kier alpha value is -2.96. The summed E-state index contributed by atoms with van der Waals surface area (Å²) in [5.74, 6) is -0.407. The summed E-state index contributed by atoms with van der Waals surface area (Å²) in [6.45, 7) is 2.56. The van der Waals surface area contributed by atoms with Crippen molar-refractivity contribution in [1.82, 2.24) is 20.6 Å². The van der Waals surface area contributed by atoms with E-state index in [4.69, 9.17) is 0 Å². The molecule has 2 aromatic rings. The van der Waals surface area contributed by atoms with Crippen molar-refractivity contribution in [1.29, 1.82) is 0 Å². The second-order valence-corrected chi connectivity index (χ2v) is 6.16. The summed E-state index contributed by atoms with van der Waals surface area (Å²) in [6.07, 6.45) is 3.53. The number of aryl methyl sites for hydroxylation is 1. The topological polar surface area (TPSA) is 104 Å². The lowest BCUT2D eigenvalue weighted by molar-refractivity contribution is -0.122. The minimum Gasteiger partial charge on any atom is -0.354 e. The van der Waals surface area contributed by atoms with E-state index in [2.05, 4.69) is 20.6 Å². The van der Waals surface area contributed by atoms with Crippen LogP contribution in [0.4, 0.5) is 0 Å². The summed E-state index contributed by atoms with van der Waals surface area (Å²) in [4.78, 5) is 43.3. The number of amides is 2. The Balaban J connectivity index is 1.79. The van der Waals surface area contributed by atoms with E-state index in [0.717, 1.165) is 24.0 Å². The molecule has 2 heterocycles. The monoisotopic (exact) mass is 340 g/mol. The summed E-state index contributed by atoms with van der Waals surface area (Å²) in [7, 11) is 0. The van der Waals surface area contributed by atoms with Gasteiger partial charge in [0.15, 0.2) is 0 Å². The molecule has 25 heavy (non-hydrogen) atoms. The summed E-state index contributed by atoms with van der Waals surface area (Å²) >= 11 is 0. The van der Waals surface area contributed by atoms with Crippen LogP contribution in [0.1, 0.15) is 35.2 Å². The van der Waals surface area contributed by atoms with Crippen molar-refractivity contribution in [3.63, 3.8) is 0 Å². The molecule has 130 valence electrons. The number of aromatic nitrogens is 2. The van der Waals surface area contributed by atoms with Crippen LogP contribution in [0.15, 0.2) is 35.3 Å². The van der Waals surface area contributed by atoms with E-state index in [1.165, 1.54) is 6.20 Å². The second-order valence-electron chi connectivity index (χ2n) is 6.16. The molecular weight excluding hydrogens is 320 g/mol. The zero-order valence-electron chi connectivity index (χ0n) is 14.0. The number of nitrogens with one attached hydrogen (secondary N) is 3. The average Bonchev–Trinajstić information content (AvgIpc) is 2.79. The highest BCUT2D eigenvalue weighted by Gasteiger charge is 2.24. The molecule has 1 atom stereocenters. The highest BCUT2D eigenvalue weighted by atomic mass is 16.2. The van der Waals surface area contributed by atoms with Gasteiger partial charge in [-0.15, -0.1) is 0 Å². The summed E-state index contributed by atoms with van der Waals surface area (Å²) in [5, 5.41) is 5.37. The van der Waals surface area contributed by atoms with Crippen molar-refractivity contribution in [3.8, 4) is 11.4 Å². The van der Waals surface area contributed by atoms with Crippen LogP contribution in [0.25, 0.3) is 11.4 Å². The number of carbonyl (C=O) groups excluding carboxylic acids is 2. The molecule has 7 heteroatoms. The third-order valence-electron chi connectivity index (χ3n) is 4.18. The van der Waals surface area contributed by atoms with Gasteiger partial charge in [-0.3, -0.25) is 14.4 Å². The fourth-order valence-corrected chi connectivity index (χ4v) is 2.81. The van der Waals surface area contributed by atoms with Crippen LogP contribution in [0.3, 0.4) is 0 Å². The SMILES string of the molecule is Cc1cccc(-c2ncc(C(=O)N[C@H]3CCCCNC3=O)c(=O)[nH]2)c1. The van der Waals surface area contributed by atoms with Crippen LogP contribution < -0.4 is 16.2 Å². The standard InChI is InChI=1S/C18H20N4O3/c1-11-5-4-6-12(9-11)15-20-10-13(17(24)22-15)16(23)21-14-7-2-3-8-19-18(14)25/h4-6,9-10,14H,2-3,7-8H2,1H3,(H,19,25)(H,21,23)(H,20,22,24)/t14-/m0/s1. The number of hydrogen-bond donors (Lipinski definition) is 3. The Kier molecular flexibility index (Phi) is 4.92. The fourth-order valence-electron chi connectivity index (χ4n) is 2.81. The van der Waals surface area contributed by atoms with Crippen molar-refractivity contribution in [2.75, 3.05) is 6.54 Å². The first-order valence-corrected chi connectivity index (χ1v) is 8.29. The van der Waals surface area contributed by atoms with Gasteiger partial charge in [0.25, 0.3) is 11.5 Å². The van der Waals surface area contributed by atoms with Crippen molar-refractivity contribution in [3.05, 3.63) is 51.9 Å². The Morgan fingerprint density at radius 3 is 2.88 bits per heavy atom. The van der Waals surface area contributed by atoms with Gasteiger partial charge in [0, 0.05) is 18.3 Å². The Labute approximate surface area is 144 Å². The van der Waals surface area contributed by atoms with E-state index < -0.39 is 17.5 Å². The number of carbonyl (C=O) groups is 2. The highest BCUT2D eigenvalue weighted by molar-refractivity contribution is 5.97. The molecule has 0 radical (unpaired) electrons. The van der Waals surface area contributed by atoms with Crippen LogP contribution >= 0.6 is 0 Å².